The zero-order valence-electron chi connectivity index (χ0n) is 5.96. The van der Waals surface area contributed by atoms with E-state index in [4.69, 9.17) is 17.5 Å². The van der Waals surface area contributed by atoms with Crippen LogP contribution in [0.1, 0.15) is 6.42 Å². The molecule has 3 N–H and O–H groups in total. The Bertz CT molecular complexity index is 162. The summed E-state index contributed by atoms with van der Waals surface area (Å²) in [4.78, 5) is 23.1. The van der Waals surface area contributed by atoms with Gasteiger partial charge in [0.25, 0.3) is 0 Å². The van der Waals surface area contributed by atoms with Crippen molar-refractivity contribution < 1.29 is 14.3 Å². The fourth-order valence-electron chi connectivity index (χ4n) is 0.510. The summed E-state index contributed by atoms with van der Waals surface area (Å²) in [6, 6.07) is -0.862. The number of nitrogens with one attached hydrogen (secondary N) is 1. The average Bonchev–Trinajstić information content (AvgIpc) is 1.98. The van der Waals surface area contributed by atoms with Crippen LogP contribution in [0.25, 0.3) is 0 Å². The Morgan fingerprint density at radius 2 is 2.27 bits per heavy atom. The van der Waals surface area contributed by atoms with Gasteiger partial charge < -0.3 is 10.5 Å². The quantitative estimate of drug-likeness (QED) is 0.436. The van der Waals surface area contributed by atoms with E-state index < -0.39 is 17.9 Å². The molecule has 0 fully saturated rings. The second-order valence-electron chi connectivity index (χ2n) is 1.86. The molecule has 0 spiro atoms. The third-order valence-electron chi connectivity index (χ3n) is 1.02. The molecule has 0 aliphatic heterocycles. The predicted octanol–water partition coefficient (Wildman–Crippen LogP) is -0.853. The number of halogens is 1. The summed E-state index contributed by atoms with van der Waals surface area (Å²) in [7, 11) is 1.20. The molecule has 64 valence electrons. The highest BCUT2D eigenvalue weighted by Crippen LogP contribution is 1.94. The Balaban J connectivity index is 3.94. The van der Waals surface area contributed by atoms with Crippen LogP contribution in [-0.4, -0.2) is 25.0 Å². The number of esters is 1. The zero-order chi connectivity index (χ0) is 8.85. The number of amides is 1. The van der Waals surface area contributed by atoms with Crippen molar-refractivity contribution in [3.05, 3.63) is 0 Å². The van der Waals surface area contributed by atoms with E-state index in [0.717, 1.165) is 0 Å². The van der Waals surface area contributed by atoms with Crippen molar-refractivity contribution in [2.24, 2.45) is 5.73 Å². The number of carbonyl (C=O) groups is 2. The molecule has 0 saturated carbocycles. The summed E-state index contributed by atoms with van der Waals surface area (Å²) < 4.78 is 4.31. The third kappa shape index (κ3) is 3.79. The van der Waals surface area contributed by atoms with Gasteiger partial charge in [-0.2, -0.15) is 0 Å². The molecule has 0 radical (unpaired) electrons. The van der Waals surface area contributed by atoms with Gasteiger partial charge in [-0.3, -0.25) is 9.59 Å². The van der Waals surface area contributed by atoms with Crippen LogP contribution in [0.2, 0.25) is 0 Å². The first-order valence-corrected chi connectivity index (χ1v) is 3.22. The van der Waals surface area contributed by atoms with Crippen molar-refractivity contribution >= 4 is 23.7 Å². The minimum Gasteiger partial charge on any atom is -0.468 e. The monoisotopic (exact) mass is 180 g/mol. The fraction of sp³-hybridized carbons (Fsp3) is 0.600. The number of hydrogen-bond acceptors (Lipinski definition) is 4. The fourth-order valence-corrected chi connectivity index (χ4v) is 0.676. The Kier molecular flexibility index (Phi) is 4.56. The Hall–Kier alpha value is -0.810. The Labute approximate surface area is 68.9 Å². The van der Waals surface area contributed by atoms with E-state index in [1.54, 1.807) is 0 Å². The van der Waals surface area contributed by atoms with E-state index in [0.29, 0.717) is 0 Å². The molecule has 0 heterocycles. The lowest BCUT2D eigenvalue weighted by atomic mass is 10.2. The Morgan fingerprint density at radius 3 is 2.55 bits per heavy atom. The highest BCUT2D eigenvalue weighted by atomic mass is 35.5. The van der Waals surface area contributed by atoms with Crippen molar-refractivity contribution in [3.8, 4) is 0 Å². The summed E-state index contributed by atoms with van der Waals surface area (Å²) in [6.07, 6.45) is -0.170. The van der Waals surface area contributed by atoms with Crippen molar-refractivity contribution in [2.45, 2.75) is 12.5 Å². The predicted molar refractivity (Wildman–Crippen MR) is 38.6 cm³/mol. The van der Waals surface area contributed by atoms with Gasteiger partial charge in [-0.25, -0.2) is 4.84 Å². The molecule has 1 amide bonds. The first-order valence-electron chi connectivity index (χ1n) is 2.84. The van der Waals surface area contributed by atoms with Crippen LogP contribution in [0.15, 0.2) is 0 Å². The van der Waals surface area contributed by atoms with Gasteiger partial charge in [0.1, 0.15) is 6.04 Å². The summed E-state index contributed by atoms with van der Waals surface area (Å²) in [5.74, 6) is -1.23. The number of rotatable bonds is 4. The van der Waals surface area contributed by atoms with E-state index in [1.807, 2.05) is 0 Å². The molecule has 0 aromatic carbocycles. The van der Waals surface area contributed by atoms with Crippen LogP contribution in [-0.2, 0) is 14.3 Å². The molecule has 1 atom stereocenters. The molecule has 0 aliphatic carbocycles. The molecule has 0 aliphatic rings. The van der Waals surface area contributed by atoms with Gasteiger partial charge in [0.15, 0.2) is 0 Å². The lowest BCUT2D eigenvalue weighted by Gasteiger charge is -2.08. The highest BCUT2D eigenvalue weighted by molar-refractivity contribution is 6.15. The number of primary amides is 1. The SMILES string of the molecule is COC(=O)C(CC(N)=O)NCl. The first kappa shape index (κ1) is 10.2. The van der Waals surface area contributed by atoms with E-state index in [2.05, 4.69) is 9.57 Å². The third-order valence-corrected chi connectivity index (χ3v) is 1.29. The van der Waals surface area contributed by atoms with Gasteiger partial charge in [-0.05, 0) is 11.8 Å². The van der Waals surface area contributed by atoms with Crippen LogP contribution in [0.5, 0.6) is 0 Å². The van der Waals surface area contributed by atoms with Crippen molar-refractivity contribution in [1.82, 2.24) is 4.84 Å². The van der Waals surface area contributed by atoms with E-state index >= 15 is 0 Å². The average molecular weight is 181 g/mol. The molecule has 0 rings (SSSR count). The van der Waals surface area contributed by atoms with Crippen molar-refractivity contribution in [2.75, 3.05) is 7.11 Å². The molecule has 0 aromatic rings. The van der Waals surface area contributed by atoms with Gasteiger partial charge in [-0.15, -0.1) is 0 Å². The van der Waals surface area contributed by atoms with Crippen molar-refractivity contribution in [3.63, 3.8) is 0 Å². The lowest BCUT2D eigenvalue weighted by Crippen LogP contribution is -2.36. The second kappa shape index (κ2) is 4.92. The van der Waals surface area contributed by atoms with Gasteiger partial charge >= 0.3 is 5.97 Å². The minimum atomic E-state index is -0.862. The van der Waals surface area contributed by atoms with Crippen LogP contribution in [0, 0.1) is 0 Å². The molecule has 0 saturated heterocycles. The molecule has 0 aromatic heterocycles. The highest BCUT2D eigenvalue weighted by Gasteiger charge is 2.19. The van der Waals surface area contributed by atoms with Crippen LogP contribution >= 0.6 is 11.8 Å². The molecule has 0 bridgehead atoms. The smallest absolute Gasteiger partial charge is 0.324 e. The van der Waals surface area contributed by atoms with Crippen LogP contribution in [0.4, 0.5) is 0 Å². The number of methoxy groups -OCH3 is 1. The minimum absolute atomic E-state index is 0.170. The summed E-state index contributed by atoms with van der Waals surface area (Å²) in [5, 5.41) is 0. The summed E-state index contributed by atoms with van der Waals surface area (Å²) in [6.45, 7) is 0. The van der Waals surface area contributed by atoms with Gasteiger partial charge in [0, 0.05) is 0 Å². The molecular weight excluding hydrogens is 172 g/mol. The number of ether oxygens (including phenoxy) is 1. The standard InChI is InChI=1S/C5H9ClN2O3/c1-11-5(10)3(8-6)2-4(7)9/h3,8H,2H2,1H3,(H2,7,9). The van der Waals surface area contributed by atoms with E-state index in [-0.39, 0.29) is 6.42 Å². The molecule has 6 heteroatoms. The summed E-state index contributed by atoms with van der Waals surface area (Å²) in [5.41, 5.74) is 4.82. The summed E-state index contributed by atoms with van der Waals surface area (Å²) >= 11 is 5.13. The topological polar surface area (TPSA) is 81.4 Å². The van der Waals surface area contributed by atoms with Gasteiger partial charge in [-0.1, -0.05) is 0 Å². The largest absolute Gasteiger partial charge is 0.468 e. The van der Waals surface area contributed by atoms with Crippen molar-refractivity contribution in [1.29, 1.82) is 0 Å². The number of hydrogen-bond donors (Lipinski definition) is 2. The number of carbonyl (C=O) groups excluding carboxylic acids is 2. The Morgan fingerprint density at radius 1 is 1.73 bits per heavy atom. The first-order chi connectivity index (χ1) is 5.11. The molecular formula is C5H9ClN2O3. The molecule has 1 unspecified atom stereocenters. The molecule has 11 heavy (non-hydrogen) atoms. The van der Waals surface area contributed by atoms with Crippen LogP contribution < -0.4 is 10.6 Å². The maximum Gasteiger partial charge on any atom is 0.324 e. The van der Waals surface area contributed by atoms with E-state index in [9.17, 15) is 9.59 Å². The normalized spacial score (nSPS) is 12.2. The molecule has 5 nitrogen and oxygen atoms in total. The van der Waals surface area contributed by atoms with E-state index in [1.165, 1.54) is 7.11 Å². The maximum atomic E-state index is 10.7. The zero-order valence-corrected chi connectivity index (χ0v) is 6.72. The maximum absolute atomic E-state index is 10.7. The lowest BCUT2D eigenvalue weighted by molar-refractivity contribution is -0.144. The second-order valence-corrected chi connectivity index (χ2v) is 2.07. The number of nitrogens with two attached hydrogens (primary N) is 1. The van der Waals surface area contributed by atoms with Gasteiger partial charge in [0.2, 0.25) is 5.91 Å². The van der Waals surface area contributed by atoms with Gasteiger partial charge in [0.05, 0.1) is 13.5 Å². The van der Waals surface area contributed by atoms with Crippen LogP contribution in [0.3, 0.4) is 0 Å².